The molecule has 4 heterocycles. The van der Waals surface area contributed by atoms with Crippen LogP contribution in [0.2, 0.25) is 0 Å². The standard InChI is InChI=1S/C17H18N4O3S/c1-17(2)7-11-12(9-24-17)25-14-13(11)15(22)21(3)16(19-14)20-18-8-10-5-4-6-23-10/h4-6,8H,7,9H2,1-3H3,(H,19,20). The number of ether oxygens (including phenoxy) is 1. The van der Waals surface area contributed by atoms with E-state index in [-0.39, 0.29) is 11.2 Å². The molecule has 7 nitrogen and oxygen atoms in total. The summed E-state index contributed by atoms with van der Waals surface area (Å²) in [6.07, 6.45) is 3.82. The monoisotopic (exact) mass is 358 g/mol. The maximum Gasteiger partial charge on any atom is 0.263 e. The number of aromatic nitrogens is 2. The fourth-order valence-electron chi connectivity index (χ4n) is 2.89. The SMILES string of the molecule is Cn1c(NN=Cc2ccco2)nc2sc3c(c2c1=O)CC(C)(C)OC3. The summed E-state index contributed by atoms with van der Waals surface area (Å²) in [5.74, 6) is 1.00. The third-order valence-corrected chi connectivity index (χ3v) is 5.31. The number of hydrogen-bond donors (Lipinski definition) is 1. The number of nitrogens with one attached hydrogen (secondary N) is 1. The first kappa shape index (κ1) is 16.0. The van der Waals surface area contributed by atoms with Crippen LogP contribution >= 0.6 is 11.3 Å². The Morgan fingerprint density at radius 3 is 3.08 bits per heavy atom. The molecule has 0 atom stereocenters. The van der Waals surface area contributed by atoms with E-state index in [1.807, 2.05) is 13.8 Å². The van der Waals surface area contributed by atoms with Crippen LogP contribution in [0.15, 0.2) is 32.7 Å². The second-order valence-electron chi connectivity index (χ2n) is 6.59. The van der Waals surface area contributed by atoms with E-state index in [0.717, 1.165) is 10.4 Å². The van der Waals surface area contributed by atoms with Gasteiger partial charge >= 0.3 is 0 Å². The first-order valence-corrected chi connectivity index (χ1v) is 8.74. The summed E-state index contributed by atoms with van der Waals surface area (Å²) in [5.41, 5.74) is 3.54. The normalized spacial score (nSPS) is 16.4. The molecule has 1 aliphatic rings. The van der Waals surface area contributed by atoms with E-state index in [1.54, 1.807) is 25.4 Å². The zero-order valence-corrected chi connectivity index (χ0v) is 15.0. The highest BCUT2D eigenvalue weighted by atomic mass is 32.1. The van der Waals surface area contributed by atoms with Gasteiger partial charge in [-0.1, -0.05) is 0 Å². The van der Waals surface area contributed by atoms with E-state index in [1.165, 1.54) is 22.1 Å². The van der Waals surface area contributed by atoms with Crippen molar-refractivity contribution in [2.24, 2.45) is 12.1 Å². The Balaban J connectivity index is 1.74. The van der Waals surface area contributed by atoms with Crippen molar-refractivity contribution in [1.29, 1.82) is 0 Å². The molecule has 1 N–H and O–H groups in total. The molecule has 0 bridgehead atoms. The summed E-state index contributed by atoms with van der Waals surface area (Å²) < 4.78 is 12.5. The second kappa shape index (κ2) is 5.82. The highest BCUT2D eigenvalue weighted by Gasteiger charge is 2.31. The number of hydrogen-bond acceptors (Lipinski definition) is 7. The highest BCUT2D eigenvalue weighted by molar-refractivity contribution is 7.18. The summed E-state index contributed by atoms with van der Waals surface area (Å²) in [6, 6.07) is 3.57. The van der Waals surface area contributed by atoms with Gasteiger partial charge in [-0.15, -0.1) is 11.3 Å². The zero-order valence-electron chi connectivity index (χ0n) is 14.2. The third-order valence-electron chi connectivity index (χ3n) is 4.21. The minimum absolute atomic E-state index is 0.0732. The van der Waals surface area contributed by atoms with Gasteiger partial charge in [-0.3, -0.25) is 9.36 Å². The summed E-state index contributed by atoms with van der Waals surface area (Å²) in [4.78, 5) is 19.2. The van der Waals surface area contributed by atoms with E-state index in [9.17, 15) is 4.79 Å². The van der Waals surface area contributed by atoms with Crippen molar-refractivity contribution < 1.29 is 9.15 Å². The molecule has 25 heavy (non-hydrogen) atoms. The maximum absolute atomic E-state index is 12.9. The first-order valence-electron chi connectivity index (χ1n) is 7.92. The molecular weight excluding hydrogens is 340 g/mol. The summed E-state index contributed by atoms with van der Waals surface area (Å²) >= 11 is 1.51. The summed E-state index contributed by atoms with van der Waals surface area (Å²) in [7, 11) is 1.69. The van der Waals surface area contributed by atoms with Crippen LogP contribution in [0, 0.1) is 0 Å². The van der Waals surface area contributed by atoms with Crippen molar-refractivity contribution in [1.82, 2.24) is 9.55 Å². The molecule has 0 aliphatic carbocycles. The number of rotatable bonds is 3. The van der Waals surface area contributed by atoms with Crippen LogP contribution in [0.25, 0.3) is 10.2 Å². The van der Waals surface area contributed by atoms with Crippen LogP contribution in [0.3, 0.4) is 0 Å². The molecule has 0 radical (unpaired) electrons. The van der Waals surface area contributed by atoms with Gasteiger partial charge in [-0.2, -0.15) is 5.10 Å². The molecule has 3 aromatic heterocycles. The molecule has 0 amide bonds. The Hall–Kier alpha value is -2.45. The van der Waals surface area contributed by atoms with Crippen molar-refractivity contribution >= 4 is 33.7 Å². The molecule has 0 spiro atoms. The molecule has 3 aromatic rings. The molecule has 0 saturated carbocycles. The fourth-order valence-corrected chi connectivity index (χ4v) is 3.99. The lowest BCUT2D eigenvalue weighted by Gasteiger charge is -2.29. The van der Waals surface area contributed by atoms with E-state index in [0.29, 0.717) is 35.0 Å². The van der Waals surface area contributed by atoms with Gasteiger partial charge in [0.25, 0.3) is 5.56 Å². The molecule has 4 rings (SSSR count). The fraction of sp³-hybridized carbons (Fsp3) is 0.353. The quantitative estimate of drug-likeness (QED) is 0.575. The summed E-state index contributed by atoms with van der Waals surface area (Å²) in [6.45, 7) is 4.60. The van der Waals surface area contributed by atoms with Crippen LogP contribution < -0.4 is 11.0 Å². The molecule has 0 unspecified atom stereocenters. The maximum atomic E-state index is 12.9. The van der Waals surface area contributed by atoms with Gasteiger partial charge in [-0.05, 0) is 31.5 Å². The average molecular weight is 358 g/mol. The van der Waals surface area contributed by atoms with Gasteiger partial charge in [0.2, 0.25) is 5.95 Å². The van der Waals surface area contributed by atoms with Crippen molar-refractivity contribution in [2.45, 2.75) is 32.5 Å². The molecule has 8 heteroatoms. The molecular formula is C17H18N4O3S. The smallest absolute Gasteiger partial charge is 0.263 e. The van der Waals surface area contributed by atoms with Crippen molar-refractivity contribution in [2.75, 3.05) is 5.43 Å². The Bertz CT molecular complexity index is 1010. The van der Waals surface area contributed by atoms with Crippen molar-refractivity contribution in [3.05, 3.63) is 45.0 Å². The number of nitrogens with zero attached hydrogens (tertiary/aromatic N) is 3. The molecule has 130 valence electrons. The van der Waals surface area contributed by atoms with Crippen LogP contribution in [0.4, 0.5) is 5.95 Å². The Morgan fingerprint density at radius 2 is 2.32 bits per heavy atom. The third kappa shape index (κ3) is 2.87. The van der Waals surface area contributed by atoms with Gasteiger partial charge in [0.05, 0.1) is 30.1 Å². The lowest BCUT2D eigenvalue weighted by Crippen LogP contribution is -2.32. The lowest BCUT2D eigenvalue weighted by molar-refractivity contribution is -0.0379. The predicted octanol–water partition coefficient (Wildman–Crippen LogP) is 2.89. The van der Waals surface area contributed by atoms with Crippen LogP contribution in [-0.2, 0) is 24.8 Å². The topological polar surface area (TPSA) is 81.7 Å². The number of anilines is 1. The second-order valence-corrected chi connectivity index (χ2v) is 7.68. The highest BCUT2D eigenvalue weighted by Crippen LogP contribution is 2.37. The van der Waals surface area contributed by atoms with Crippen LogP contribution in [-0.4, -0.2) is 21.4 Å². The number of thiophene rings is 1. The van der Waals surface area contributed by atoms with Crippen LogP contribution in [0.1, 0.15) is 30.0 Å². The van der Waals surface area contributed by atoms with Gasteiger partial charge in [0.1, 0.15) is 10.6 Å². The van der Waals surface area contributed by atoms with E-state index in [2.05, 4.69) is 15.5 Å². The predicted molar refractivity (Wildman–Crippen MR) is 97.4 cm³/mol. The van der Waals surface area contributed by atoms with E-state index >= 15 is 0 Å². The van der Waals surface area contributed by atoms with Gasteiger partial charge in [-0.25, -0.2) is 10.4 Å². The largest absolute Gasteiger partial charge is 0.463 e. The van der Waals surface area contributed by atoms with Crippen molar-refractivity contribution in [3.63, 3.8) is 0 Å². The zero-order chi connectivity index (χ0) is 17.6. The molecule has 0 aromatic carbocycles. The van der Waals surface area contributed by atoms with E-state index in [4.69, 9.17) is 9.15 Å². The number of hydrazone groups is 1. The van der Waals surface area contributed by atoms with Gasteiger partial charge in [0.15, 0.2) is 0 Å². The average Bonchev–Trinajstić information content (AvgIpc) is 3.18. The number of furan rings is 1. The summed E-state index contributed by atoms with van der Waals surface area (Å²) in [5, 5.41) is 4.78. The van der Waals surface area contributed by atoms with Crippen molar-refractivity contribution in [3.8, 4) is 0 Å². The van der Waals surface area contributed by atoms with E-state index < -0.39 is 0 Å². The number of fused-ring (bicyclic) bond motifs is 3. The molecule has 0 fully saturated rings. The van der Waals surface area contributed by atoms with Gasteiger partial charge < -0.3 is 9.15 Å². The van der Waals surface area contributed by atoms with Gasteiger partial charge in [0, 0.05) is 18.3 Å². The first-order chi connectivity index (χ1) is 11.9. The minimum Gasteiger partial charge on any atom is -0.463 e. The van der Waals surface area contributed by atoms with Crippen LogP contribution in [0.5, 0.6) is 0 Å². The molecule has 0 saturated heterocycles. The Kier molecular flexibility index (Phi) is 3.73. The minimum atomic E-state index is -0.268. The Labute approximate surface area is 147 Å². The lowest BCUT2D eigenvalue weighted by atomic mass is 9.94. The Morgan fingerprint density at radius 1 is 1.48 bits per heavy atom. The molecule has 1 aliphatic heterocycles.